The standard InChI is InChI=1S/C32H43Cl2N3O4/c1-5-10-30(39)41-32(24(2)3)35(4)29-23-26(15-14-25(29)11-9-21-38)40-22-7-6-16-36-17-19-37(20-18-36)28-13-8-12-27(33)31(28)34/h8-9,11-15,21,23-24,32H,5-7,10,16-20,22H2,1-4H3/b11-9-. The molecule has 1 aliphatic rings. The van der Waals surface area contributed by atoms with Crippen LogP contribution in [-0.4, -0.2) is 69.8 Å². The quantitative estimate of drug-likeness (QED) is 0.0717. The predicted octanol–water partition coefficient (Wildman–Crippen LogP) is 6.95. The van der Waals surface area contributed by atoms with Gasteiger partial charge in [0.25, 0.3) is 0 Å². The molecular weight excluding hydrogens is 561 g/mol. The van der Waals surface area contributed by atoms with Crippen LogP contribution in [0.5, 0.6) is 5.75 Å². The molecule has 7 nitrogen and oxygen atoms in total. The Morgan fingerprint density at radius 1 is 1.10 bits per heavy atom. The van der Waals surface area contributed by atoms with Gasteiger partial charge in [0.1, 0.15) is 12.0 Å². The Balaban J connectivity index is 1.53. The van der Waals surface area contributed by atoms with E-state index in [0.717, 1.165) is 81.0 Å². The zero-order valence-electron chi connectivity index (χ0n) is 24.7. The molecule has 1 aliphatic heterocycles. The molecule has 2 aromatic carbocycles. The second-order valence-corrected chi connectivity index (χ2v) is 11.4. The smallest absolute Gasteiger partial charge is 0.307 e. The number of ether oxygens (including phenoxy) is 2. The minimum Gasteiger partial charge on any atom is -0.494 e. The molecule has 2 aromatic rings. The molecule has 0 saturated carbocycles. The van der Waals surface area contributed by atoms with E-state index in [1.807, 2.05) is 69.1 Å². The number of esters is 1. The van der Waals surface area contributed by atoms with Crippen LogP contribution in [0.3, 0.4) is 0 Å². The van der Waals surface area contributed by atoms with E-state index < -0.39 is 6.23 Å². The van der Waals surface area contributed by atoms with Crippen LogP contribution >= 0.6 is 23.2 Å². The second-order valence-electron chi connectivity index (χ2n) is 10.7. The van der Waals surface area contributed by atoms with Crippen molar-refractivity contribution in [2.24, 2.45) is 5.92 Å². The zero-order chi connectivity index (χ0) is 29.8. The highest BCUT2D eigenvalue weighted by Gasteiger charge is 2.25. The second kappa shape index (κ2) is 16.6. The van der Waals surface area contributed by atoms with E-state index in [1.165, 1.54) is 6.08 Å². The van der Waals surface area contributed by atoms with Crippen LogP contribution in [0.2, 0.25) is 10.0 Å². The highest BCUT2D eigenvalue weighted by Crippen LogP contribution is 2.33. The lowest BCUT2D eigenvalue weighted by Crippen LogP contribution is -2.46. The van der Waals surface area contributed by atoms with Crippen molar-refractivity contribution < 1.29 is 19.1 Å². The largest absolute Gasteiger partial charge is 0.494 e. The van der Waals surface area contributed by atoms with E-state index in [2.05, 4.69) is 9.80 Å². The molecule has 224 valence electrons. The summed E-state index contributed by atoms with van der Waals surface area (Å²) in [6, 6.07) is 11.6. The zero-order valence-corrected chi connectivity index (χ0v) is 26.2. The Kier molecular flexibility index (Phi) is 13.3. The van der Waals surface area contributed by atoms with E-state index in [0.29, 0.717) is 23.1 Å². The lowest BCUT2D eigenvalue weighted by Gasteiger charge is -2.36. The molecule has 0 bridgehead atoms. The van der Waals surface area contributed by atoms with Crippen molar-refractivity contribution in [3.63, 3.8) is 0 Å². The Hall–Kier alpha value is -2.74. The fourth-order valence-electron chi connectivity index (χ4n) is 4.98. The average molecular weight is 605 g/mol. The van der Waals surface area contributed by atoms with Crippen LogP contribution in [0.4, 0.5) is 11.4 Å². The number of carbonyl (C=O) groups is 2. The maximum absolute atomic E-state index is 12.3. The van der Waals surface area contributed by atoms with Gasteiger partial charge in [-0.15, -0.1) is 0 Å². The number of hydrogen-bond acceptors (Lipinski definition) is 7. The van der Waals surface area contributed by atoms with Crippen molar-refractivity contribution in [1.29, 1.82) is 0 Å². The number of allylic oxidation sites excluding steroid dienone is 1. The first kappa shape index (κ1) is 32.8. The number of nitrogens with zero attached hydrogens (tertiary/aromatic N) is 3. The molecule has 9 heteroatoms. The average Bonchev–Trinajstić information content (AvgIpc) is 2.96. The summed E-state index contributed by atoms with van der Waals surface area (Å²) < 4.78 is 11.9. The van der Waals surface area contributed by atoms with Gasteiger partial charge in [-0.2, -0.15) is 0 Å². The van der Waals surface area contributed by atoms with Gasteiger partial charge in [-0.05, 0) is 67.8 Å². The number of unbranched alkanes of at least 4 members (excludes halogenated alkanes) is 1. The first-order valence-electron chi connectivity index (χ1n) is 14.5. The minimum absolute atomic E-state index is 0.0672. The molecule has 41 heavy (non-hydrogen) atoms. The third-order valence-corrected chi connectivity index (χ3v) is 7.99. The highest BCUT2D eigenvalue weighted by atomic mass is 35.5. The number of piperazine rings is 1. The van der Waals surface area contributed by atoms with Crippen LogP contribution in [-0.2, 0) is 14.3 Å². The van der Waals surface area contributed by atoms with Gasteiger partial charge in [-0.1, -0.05) is 50.0 Å². The summed E-state index contributed by atoms with van der Waals surface area (Å²) in [6.07, 6.45) is 6.61. The summed E-state index contributed by atoms with van der Waals surface area (Å²) in [7, 11) is 1.90. The molecule has 0 spiro atoms. The Labute approximate surface area is 255 Å². The molecule has 0 aliphatic carbocycles. The summed E-state index contributed by atoms with van der Waals surface area (Å²) in [4.78, 5) is 30.0. The number of carbonyl (C=O) groups excluding carboxylic acids is 2. The van der Waals surface area contributed by atoms with E-state index in [-0.39, 0.29) is 11.9 Å². The van der Waals surface area contributed by atoms with Gasteiger partial charge in [-0.3, -0.25) is 14.5 Å². The van der Waals surface area contributed by atoms with Crippen molar-refractivity contribution in [2.45, 2.75) is 52.7 Å². The number of benzene rings is 2. The molecular formula is C32H43Cl2N3O4. The highest BCUT2D eigenvalue weighted by molar-refractivity contribution is 6.43. The van der Waals surface area contributed by atoms with E-state index in [9.17, 15) is 9.59 Å². The maximum atomic E-state index is 12.3. The SMILES string of the molecule is CCCC(=O)OC(C(C)C)N(C)c1cc(OCCCCN2CCN(c3cccc(Cl)c3Cl)CC2)ccc1/C=C\C=O. The van der Waals surface area contributed by atoms with E-state index in [4.69, 9.17) is 32.7 Å². The predicted molar refractivity (Wildman–Crippen MR) is 169 cm³/mol. The molecule has 0 amide bonds. The molecule has 1 heterocycles. The first-order chi connectivity index (χ1) is 19.7. The third-order valence-electron chi connectivity index (χ3n) is 7.18. The van der Waals surface area contributed by atoms with Crippen LogP contribution in [0.1, 0.15) is 52.0 Å². The molecule has 1 unspecified atom stereocenters. The van der Waals surface area contributed by atoms with Crippen molar-refractivity contribution in [3.05, 3.63) is 58.1 Å². The van der Waals surface area contributed by atoms with Crippen LogP contribution < -0.4 is 14.5 Å². The van der Waals surface area contributed by atoms with Gasteiger partial charge in [-0.25, -0.2) is 0 Å². The van der Waals surface area contributed by atoms with Crippen molar-refractivity contribution in [1.82, 2.24) is 4.90 Å². The Morgan fingerprint density at radius 3 is 2.54 bits per heavy atom. The molecule has 1 atom stereocenters. The lowest BCUT2D eigenvalue weighted by atomic mass is 10.1. The Bertz CT molecular complexity index is 1170. The number of aldehydes is 1. The monoisotopic (exact) mass is 603 g/mol. The topological polar surface area (TPSA) is 62.3 Å². The maximum Gasteiger partial charge on any atom is 0.307 e. The molecule has 0 N–H and O–H groups in total. The van der Waals surface area contributed by atoms with Gasteiger partial charge in [0.15, 0.2) is 6.23 Å². The number of anilines is 2. The normalized spacial score (nSPS) is 14.9. The first-order valence-corrected chi connectivity index (χ1v) is 15.2. The summed E-state index contributed by atoms with van der Waals surface area (Å²) in [6.45, 7) is 11.4. The van der Waals surface area contributed by atoms with Gasteiger partial charge in [0.2, 0.25) is 0 Å². The van der Waals surface area contributed by atoms with Gasteiger partial charge >= 0.3 is 5.97 Å². The van der Waals surface area contributed by atoms with Crippen molar-refractivity contribution in [2.75, 3.05) is 56.2 Å². The minimum atomic E-state index is -0.442. The Morgan fingerprint density at radius 2 is 1.85 bits per heavy atom. The van der Waals surface area contributed by atoms with Crippen LogP contribution in [0, 0.1) is 5.92 Å². The summed E-state index contributed by atoms with van der Waals surface area (Å²) >= 11 is 12.6. The number of rotatable bonds is 15. The number of halogens is 2. The van der Waals surface area contributed by atoms with Gasteiger partial charge in [0.05, 0.1) is 28.0 Å². The summed E-state index contributed by atoms with van der Waals surface area (Å²) in [5.41, 5.74) is 2.69. The summed E-state index contributed by atoms with van der Waals surface area (Å²) in [5, 5.41) is 1.21. The van der Waals surface area contributed by atoms with E-state index >= 15 is 0 Å². The summed E-state index contributed by atoms with van der Waals surface area (Å²) in [5.74, 6) is 0.590. The molecule has 0 radical (unpaired) electrons. The van der Waals surface area contributed by atoms with E-state index in [1.54, 1.807) is 6.08 Å². The van der Waals surface area contributed by atoms with Gasteiger partial charge < -0.3 is 19.3 Å². The van der Waals surface area contributed by atoms with Crippen LogP contribution in [0.25, 0.3) is 6.08 Å². The molecule has 3 rings (SSSR count). The van der Waals surface area contributed by atoms with Crippen LogP contribution in [0.15, 0.2) is 42.5 Å². The van der Waals surface area contributed by atoms with Gasteiger partial charge in [0, 0.05) is 51.6 Å². The fraction of sp³-hybridized carbons (Fsp3) is 0.500. The third kappa shape index (κ3) is 9.66. The number of hydrogen-bond donors (Lipinski definition) is 0. The fourth-order valence-corrected chi connectivity index (χ4v) is 5.39. The molecule has 0 aromatic heterocycles. The molecule has 1 saturated heterocycles. The lowest BCUT2D eigenvalue weighted by molar-refractivity contribution is -0.151. The van der Waals surface area contributed by atoms with Crippen molar-refractivity contribution in [3.8, 4) is 5.75 Å². The molecule has 1 fully saturated rings. The van der Waals surface area contributed by atoms with Crippen molar-refractivity contribution >= 4 is 52.9 Å².